The summed E-state index contributed by atoms with van der Waals surface area (Å²) in [5.74, 6) is -0.0713. The normalized spacial score (nSPS) is 17.5. The summed E-state index contributed by atoms with van der Waals surface area (Å²) in [6.07, 6.45) is 6.34. The van der Waals surface area contributed by atoms with Crippen molar-refractivity contribution in [1.29, 1.82) is 10.7 Å². The molecular formula is C10H14N4. The molecule has 14 heavy (non-hydrogen) atoms. The lowest BCUT2D eigenvalue weighted by molar-refractivity contribution is 0.607. The number of nitrogens with zero attached hydrogens (tertiary/aromatic N) is 2. The molecule has 0 unspecified atom stereocenters. The smallest absolute Gasteiger partial charge is 0.163 e. The van der Waals surface area contributed by atoms with E-state index in [4.69, 9.17) is 10.7 Å². The van der Waals surface area contributed by atoms with Crippen molar-refractivity contribution in [3.63, 3.8) is 0 Å². The highest BCUT2D eigenvalue weighted by atomic mass is 14.9. The van der Waals surface area contributed by atoms with Crippen molar-refractivity contribution in [2.24, 2.45) is 4.99 Å². The van der Waals surface area contributed by atoms with Crippen molar-refractivity contribution in [3.8, 4) is 6.07 Å². The van der Waals surface area contributed by atoms with Gasteiger partial charge in [-0.25, -0.2) is 4.99 Å². The predicted octanol–water partition coefficient (Wildman–Crippen LogP) is 1.60. The van der Waals surface area contributed by atoms with Crippen LogP contribution < -0.4 is 5.32 Å². The molecule has 1 fully saturated rings. The molecule has 0 aliphatic heterocycles. The van der Waals surface area contributed by atoms with E-state index >= 15 is 0 Å². The summed E-state index contributed by atoms with van der Waals surface area (Å²) >= 11 is 0. The quantitative estimate of drug-likeness (QED) is 0.403. The summed E-state index contributed by atoms with van der Waals surface area (Å²) in [5, 5.41) is 19.2. The van der Waals surface area contributed by atoms with Crippen molar-refractivity contribution >= 4 is 12.6 Å². The first-order valence-corrected chi connectivity index (χ1v) is 4.70. The first-order valence-electron chi connectivity index (χ1n) is 4.70. The first kappa shape index (κ1) is 10.5. The average Bonchev–Trinajstić information content (AvgIpc) is 2.71. The minimum Gasteiger partial charge on any atom is -0.387 e. The maximum Gasteiger partial charge on any atom is 0.163 e. The molecule has 0 aromatic carbocycles. The molecule has 1 saturated carbocycles. The van der Waals surface area contributed by atoms with Crippen LogP contribution in [0.2, 0.25) is 0 Å². The van der Waals surface area contributed by atoms with Gasteiger partial charge in [0.2, 0.25) is 0 Å². The topological polar surface area (TPSA) is 72.0 Å². The van der Waals surface area contributed by atoms with Gasteiger partial charge in [-0.15, -0.1) is 0 Å². The van der Waals surface area contributed by atoms with Crippen LogP contribution in [0.25, 0.3) is 0 Å². The Balaban J connectivity index is 2.52. The number of nitriles is 1. The van der Waals surface area contributed by atoms with Crippen LogP contribution in [0.15, 0.2) is 16.8 Å². The van der Waals surface area contributed by atoms with Crippen LogP contribution in [0.1, 0.15) is 25.7 Å². The van der Waals surface area contributed by atoms with Gasteiger partial charge in [-0.05, 0) is 19.6 Å². The van der Waals surface area contributed by atoms with Crippen LogP contribution in [0.5, 0.6) is 0 Å². The van der Waals surface area contributed by atoms with E-state index in [1.165, 1.54) is 12.8 Å². The summed E-state index contributed by atoms with van der Waals surface area (Å²) in [7, 11) is 0. The van der Waals surface area contributed by atoms with Gasteiger partial charge in [0.25, 0.3) is 0 Å². The molecule has 4 nitrogen and oxygen atoms in total. The third-order valence-electron chi connectivity index (χ3n) is 2.35. The van der Waals surface area contributed by atoms with Crippen LogP contribution in [-0.4, -0.2) is 18.6 Å². The van der Waals surface area contributed by atoms with Crippen molar-refractivity contribution in [2.75, 3.05) is 0 Å². The molecule has 4 heteroatoms. The molecular weight excluding hydrogens is 176 g/mol. The van der Waals surface area contributed by atoms with E-state index in [9.17, 15) is 0 Å². The monoisotopic (exact) mass is 190 g/mol. The number of hydrogen-bond donors (Lipinski definition) is 2. The molecule has 74 valence electrons. The second kappa shape index (κ2) is 5.18. The van der Waals surface area contributed by atoms with Crippen LogP contribution in [0.4, 0.5) is 0 Å². The summed E-state index contributed by atoms with van der Waals surface area (Å²) in [5.41, 5.74) is 0.242. The molecule has 0 aromatic rings. The Kier molecular flexibility index (Phi) is 3.86. The summed E-state index contributed by atoms with van der Waals surface area (Å²) < 4.78 is 0. The zero-order valence-electron chi connectivity index (χ0n) is 8.08. The second-order valence-corrected chi connectivity index (χ2v) is 3.32. The summed E-state index contributed by atoms with van der Waals surface area (Å²) in [6.45, 7) is 3.21. The van der Waals surface area contributed by atoms with Gasteiger partial charge < -0.3 is 5.32 Å². The number of hydrogen-bond acceptors (Lipinski definition) is 3. The van der Waals surface area contributed by atoms with Crippen molar-refractivity contribution in [3.05, 3.63) is 11.8 Å². The SMILES string of the molecule is C=NC(=N)/C(C#N)=C\NC1CCCC1. The fourth-order valence-electron chi connectivity index (χ4n) is 1.53. The standard InChI is InChI=1S/C10H14N4/c1-13-10(12)8(6-11)7-14-9-4-2-3-5-9/h7,9,12,14H,1-5H2/b8-7-,12-10?. The molecule has 1 rings (SSSR count). The van der Waals surface area contributed by atoms with Gasteiger partial charge in [-0.1, -0.05) is 12.8 Å². The molecule has 0 atom stereocenters. The largest absolute Gasteiger partial charge is 0.387 e. The number of rotatable bonds is 3. The summed E-state index contributed by atoms with van der Waals surface area (Å²) in [4.78, 5) is 3.41. The Morgan fingerprint density at radius 2 is 2.21 bits per heavy atom. The van der Waals surface area contributed by atoms with Gasteiger partial charge in [0.15, 0.2) is 5.84 Å². The Labute approximate surface area is 83.9 Å². The lowest BCUT2D eigenvalue weighted by Crippen LogP contribution is -2.21. The Morgan fingerprint density at radius 1 is 1.57 bits per heavy atom. The zero-order chi connectivity index (χ0) is 10.4. The van der Waals surface area contributed by atoms with E-state index < -0.39 is 0 Å². The minimum atomic E-state index is -0.0713. The molecule has 0 aromatic heterocycles. The fraction of sp³-hybridized carbons (Fsp3) is 0.500. The van der Waals surface area contributed by atoms with Crippen molar-refractivity contribution in [2.45, 2.75) is 31.7 Å². The molecule has 1 aliphatic carbocycles. The van der Waals surface area contributed by atoms with Crippen molar-refractivity contribution < 1.29 is 0 Å². The van der Waals surface area contributed by atoms with Gasteiger partial charge in [-0.3, -0.25) is 5.41 Å². The number of aliphatic imine (C=N–C) groups is 1. The average molecular weight is 190 g/mol. The Morgan fingerprint density at radius 3 is 2.71 bits per heavy atom. The van der Waals surface area contributed by atoms with Crippen LogP contribution in [0, 0.1) is 16.7 Å². The Hall–Kier alpha value is -1.63. The third kappa shape index (κ3) is 2.70. The molecule has 0 bridgehead atoms. The van der Waals surface area contributed by atoms with Crippen LogP contribution in [0.3, 0.4) is 0 Å². The van der Waals surface area contributed by atoms with E-state index in [1.54, 1.807) is 6.20 Å². The number of amidine groups is 1. The van der Waals surface area contributed by atoms with E-state index in [0.29, 0.717) is 6.04 Å². The Bertz CT molecular complexity index is 292. The van der Waals surface area contributed by atoms with E-state index in [2.05, 4.69) is 17.0 Å². The highest BCUT2D eigenvalue weighted by Gasteiger charge is 2.13. The van der Waals surface area contributed by atoms with E-state index in [1.807, 2.05) is 6.07 Å². The van der Waals surface area contributed by atoms with Gasteiger partial charge in [0.1, 0.15) is 11.6 Å². The van der Waals surface area contributed by atoms with Crippen LogP contribution >= 0.6 is 0 Å². The molecule has 0 amide bonds. The maximum absolute atomic E-state index is 8.71. The lowest BCUT2D eigenvalue weighted by Gasteiger charge is -2.08. The molecule has 0 heterocycles. The highest BCUT2D eigenvalue weighted by molar-refractivity contribution is 6.01. The van der Waals surface area contributed by atoms with Crippen LogP contribution in [-0.2, 0) is 0 Å². The van der Waals surface area contributed by atoms with E-state index in [0.717, 1.165) is 12.8 Å². The highest BCUT2D eigenvalue weighted by Crippen LogP contribution is 2.17. The maximum atomic E-state index is 8.71. The predicted molar refractivity (Wildman–Crippen MR) is 56.4 cm³/mol. The number of nitrogens with one attached hydrogen (secondary N) is 2. The van der Waals surface area contributed by atoms with Gasteiger partial charge >= 0.3 is 0 Å². The van der Waals surface area contributed by atoms with E-state index in [-0.39, 0.29) is 11.4 Å². The van der Waals surface area contributed by atoms with Crippen molar-refractivity contribution in [1.82, 2.24) is 5.32 Å². The molecule has 0 radical (unpaired) electrons. The van der Waals surface area contributed by atoms with Gasteiger partial charge in [-0.2, -0.15) is 5.26 Å². The molecule has 0 spiro atoms. The minimum absolute atomic E-state index is 0.0713. The summed E-state index contributed by atoms with van der Waals surface area (Å²) in [6, 6.07) is 2.37. The zero-order valence-corrected chi connectivity index (χ0v) is 8.08. The lowest BCUT2D eigenvalue weighted by atomic mass is 10.2. The third-order valence-corrected chi connectivity index (χ3v) is 2.35. The van der Waals surface area contributed by atoms with Gasteiger partial charge in [0.05, 0.1) is 0 Å². The second-order valence-electron chi connectivity index (χ2n) is 3.32. The van der Waals surface area contributed by atoms with Gasteiger partial charge in [0, 0.05) is 12.2 Å². The first-order chi connectivity index (χ1) is 6.77. The fourth-order valence-corrected chi connectivity index (χ4v) is 1.53. The molecule has 1 aliphatic rings. The molecule has 2 N–H and O–H groups in total. The molecule has 0 saturated heterocycles.